The van der Waals surface area contributed by atoms with E-state index in [-0.39, 0.29) is 24.0 Å². The number of rotatable bonds is 4. The van der Waals surface area contributed by atoms with Gasteiger partial charge in [-0.15, -0.1) is 34.2 Å². The third-order valence-corrected chi connectivity index (χ3v) is 4.92. The lowest BCUT2D eigenvalue weighted by Crippen LogP contribution is -2.63. The van der Waals surface area contributed by atoms with E-state index in [2.05, 4.69) is 35.6 Å². The monoisotopic (exact) mass is 456 g/mol. The van der Waals surface area contributed by atoms with Crippen molar-refractivity contribution in [2.75, 3.05) is 46.3 Å². The standard InChI is InChI=1S/C16H24N8.HI/c1-17-16(18-10-13-12-22-6-8-23(13)9-7-22)19-11-15-21-20-14-4-2-3-5-24(14)15;/h2-5,13H,6-12H2,1H3,(H2,17,18,19);1H. The summed E-state index contributed by atoms with van der Waals surface area (Å²) in [5.74, 6) is 1.68. The van der Waals surface area contributed by atoms with Gasteiger partial charge in [0.1, 0.15) is 0 Å². The molecule has 136 valence electrons. The van der Waals surface area contributed by atoms with Crippen LogP contribution in [0.15, 0.2) is 29.4 Å². The van der Waals surface area contributed by atoms with Crippen molar-refractivity contribution in [3.8, 4) is 0 Å². The maximum atomic E-state index is 4.32. The quantitative estimate of drug-likeness (QED) is 0.384. The number of nitrogens with zero attached hydrogens (tertiary/aromatic N) is 6. The van der Waals surface area contributed by atoms with Gasteiger partial charge in [0.25, 0.3) is 0 Å². The van der Waals surface area contributed by atoms with Crippen molar-refractivity contribution in [1.82, 2.24) is 35.0 Å². The number of halogens is 1. The van der Waals surface area contributed by atoms with Crippen LogP contribution >= 0.6 is 24.0 Å². The summed E-state index contributed by atoms with van der Waals surface area (Å²) in [6.45, 7) is 7.45. The van der Waals surface area contributed by atoms with Gasteiger partial charge < -0.3 is 10.6 Å². The second-order valence-electron chi connectivity index (χ2n) is 6.34. The molecule has 0 aliphatic carbocycles. The van der Waals surface area contributed by atoms with Crippen molar-refractivity contribution in [2.24, 2.45) is 4.99 Å². The van der Waals surface area contributed by atoms with Crippen molar-refractivity contribution in [3.63, 3.8) is 0 Å². The van der Waals surface area contributed by atoms with Crippen LogP contribution in [0.5, 0.6) is 0 Å². The molecule has 8 nitrogen and oxygen atoms in total. The first-order chi connectivity index (χ1) is 11.8. The Morgan fingerprint density at radius 2 is 2.04 bits per heavy atom. The zero-order valence-electron chi connectivity index (χ0n) is 14.4. The molecule has 0 aromatic carbocycles. The summed E-state index contributed by atoms with van der Waals surface area (Å²) in [6.07, 6.45) is 1.98. The summed E-state index contributed by atoms with van der Waals surface area (Å²) in [4.78, 5) is 9.44. The number of fused-ring (bicyclic) bond motifs is 4. The molecule has 2 N–H and O–H groups in total. The van der Waals surface area contributed by atoms with Crippen molar-refractivity contribution < 1.29 is 0 Å². The van der Waals surface area contributed by atoms with Gasteiger partial charge in [0, 0.05) is 58.6 Å². The van der Waals surface area contributed by atoms with Gasteiger partial charge in [0.2, 0.25) is 0 Å². The number of aliphatic imine (C=N–C) groups is 1. The minimum absolute atomic E-state index is 0. The fourth-order valence-corrected chi connectivity index (χ4v) is 3.53. The molecule has 3 aliphatic rings. The Kier molecular flexibility index (Phi) is 6.07. The maximum Gasteiger partial charge on any atom is 0.191 e. The maximum absolute atomic E-state index is 4.32. The van der Waals surface area contributed by atoms with Crippen LogP contribution in [0.25, 0.3) is 5.65 Å². The minimum atomic E-state index is 0. The lowest BCUT2D eigenvalue weighted by molar-refractivity contribution is 0.0154. The van der Waals surface area contributed by atoms with Crippen LogP contribution in [0.3, 0.4) is 0 Å². The highest BCUT2D eigenvalue weighted by atomic mass is 127. The van der Waals surface area contributed by atoms with E-state index in [1.807, 2.05) is 28.8 Å². The zero-order valence-corrected chi connectivity index (χ0v) is 16.8. The van der Waals surface area contributed by atoms with Crippen molar-refractivity contribution in [1.29, 1.82) is 0 Å². The van der Waals surface area contributed by atoms with Crippen LogP contribution in [-0.2, 0) is 6.54 Å². The topological polar surface area (TPSA) is 73.1 Å². The summed E-state index contributed by atoms with van der Waals surface area (Å²) in [7, 11) is 1.80. The van der Waals surface area contributed by atoms with Gasteiger partial charge >= 0.3 is 0 Å². The van der Waals surface area contributed by atoms with E-state index < -0.39 is 0 Å². The summed E-state index contributed by atoms with van der Waals surface area (Å²) in [5, 5.41) is 15.2. The second kappa shape index (κ2) is 8.28. The number of hydrogen-bond donors (Lipinski definition) is 2. The zero-order chi connectivity index (χ0) is 16.4. The Labute approximate surface area is 164 Å². The normalized spacial score (nSPS) is 25.6. The van der Waals surface area contributed by atoms with E-state index in [0.717, 1.165) is 30.5 Å². The third kappa shape index (κ3) is 4.04. The average Bonchev–Trinajstić information content (AvgIpc) is 3.06. The predicted molar refractivity (Wildman–Crippen MR) is 108 cm³/mol. The fourth-order valence-electron chi connectivity index (χ4n) is 3.53. The SMILES string of the molecule is CN=C(NCc1nnc2ccccn12)NCC1CN2CCN1CC2.I. The number of nitrogens with one attached hydrogen (secondary N) is 2. The molecule has 25 heavy (non-hydrogen) atoms. The van der Waals surface area contributed by atoms with E-state index >= 15 is 0 Å². The Balaban J connectivity index is 0.00000182. The second-order valence-corrected chi connectivity index (χ2v) is 6.34. The lowest BCUT2D eigenvalue weighted by Gasteiger charge is -2.47. The van der Waals surface area contributed by atoms with E-state index in [1.165, 1.54) is 26.2 Å². The van der Waals surface area contributed by atoms with E-state index in [1.54, 1.807) is 7.05 Å². The molecule has 0 amide bonds. The Bertz CT molecular complexity index is 722. The average molecular weight is 456 g/mol. The lowest BCUT2D eigenvalue weighted by atomic mass is 10.1. The fraction of sp³-hybridized carbons (Fsp3) is 0.562. The van der Waals surface area contributed by atoms with Crippen LogP contribution in [0.4, 0.5) is 0 Å². The van der Waals surface area contributed by atoms with Gasteiger partial charge in [-0.25, -0.2) is 0 Å². The Morgan fingerprint density at radius 3 is 2.76 bits per heavy atom. The van der Waals surface area contributed by atoms with E-state index in [9.17, 15) is 0 Å². The van der Waals surface area contributed by atoms with E-state index in [4.69, 9.17) is 0 Å². The molecule has 5 rings (SSSR count). The van der Waals surface area contributed by atoms with Gasteiger partial charge in [-0.05, 0) is 12.1 Å². The first-order valence-electron chi connectivity index (χ1n) is 8.53. The number of guanidine groups is 1. The molecule has 3 fully saturated rings. The smallest absolute Gasteiger partial charge is 0.191 e. The summed E-state index contributed by atoms with van der Waals surface area (Å²) in [5.41, 5.74) is 0.859. The summed E-state index contributed by atoms with van der Waals surface area (Å²) in [6, 6.07) is 6.46. The molecule has 1 atom stereocenters. The number of hydrogen-bond acceptors (Lipinski definition) is 5. The molecule has 0 radical (unpaired) electrons. The van der Waals surface area contributed by atoms with Gasteiger partial charge in [-0.1, -0.05) is 6.07 Å². The van der Waals surface area contributed by atoms with Crippen LogP contribution < -0.4 is 10.6 Å². The molecule has 5 heterocycles. The van der Waals surface area contributed by atoms with Gasteiger partial charge in [0.05, 0.1) is 6.54 Å². The Hall–Kier alpha value is -1.46. The summed E-state index contributed by atoms with van der Waals surface area (Å²) < 4.78 is 1.99. The molecular formula is C16H25IN8. The highest BCUT2D eigenvalue weighted by Crippen LogP contribution is 2.14. The molecule has 2 bridgehead atoms. The van der Waals surface area contributed by atoms with Crippen LogP contribution in [0.1, 0.15) is 5.82 Å². The third-order valence-electron chi connectivity index (χ3n) is 4.92. The molecule has 0 saturated carbocycles. The van der Waals surface area contributed by atoms with Crippen molar-refractivity contribution in [2.45, 2.75) is 12.6 Å². The van der Waals surface area contributed by atoms with Gasteiger partial charge in [-0.2, -0.15) is 0 Å². The van der Waals surface area contributed by atoms with E-state index in [0.29, 0.717) is 12.6 Å². The molecular weight excluding hydrogens is 431 g/mol. The highest BCUT2D eigenvalue weighted by Gasteiger charge is 2.31. The molecule has 3 aliphatic heterocycles. The van der Waals surface area contributed by atoms with Gasteiger partial charge in [0.15, 0.2) is 17.4 Å². The highest BCUT2D eigenvalue weighted by molar-refractivity contribution is 14.0. The summed E-state index contributed by atoms with van der Waals surface area (Å²) >= 11 is 0. The number of pyridine rings is 1. The Morgan fingerprint density at radius 1 is 1.20 bits per heavy atom. The molecule has 3 saturated heterocycles. The molecule has 0 spiro atoms. The first kappa shape index (κ1) is 18.3. The largest absolute Gasteiger partial charge is 0.355 e. The molecule has 2 aromatic rings. The van der Waals surface area contributed by atoms with Crippen LogP contribution in [-0.4, -0.2) is 82.7 Å². The molecule has 2 aromatic heterocycles. The van der Waals surface area contributed by atoms with Gasteiger partial charge in [-0.3, -0.25) is 19.2 Å². The predicted octanol–water partition coefficient (Wildman–Crippen LogP) is 0.0121. The minimum Gasteiger partial charge on any atom is -0.355 e. The van der Waals surface area contributed by atoms with Crippen molar-refractivity contribution >= 4 is 35.6 Å². The van der Waals surface area contributed by atoms with Crippen LogP contribution in [0, 0.1) is 0 Å². The number of piperazine rings is 3. The molecule has 9 heteroatoms. The van der Waals surface area contributed by atoms with Crippen molar-refractivity contribution in [3.05, 3.63) is 30.2 Å². The number of aromatic nitrogens is 3. The first-order valence-corrected chi connectivity index (χ1v) is 8.53. The van der Waals surface area contributed by atoms with Crippen LogP contribution in [0.2, 0.25) is 0 Å². The molecule has 1 unspecified atom stereocenters.